The summed E-state index contributed by atoms with van der Waals surface area (Å²) in [4.78, 5) is 13.2. The first-order valence-electron chi connectivity index (χ1n) is 7.42. The third-order valence-corrected chi connectivity index (χ3v) is 6.15. The van der Waals surface area contributed by atoms with E-state index >= 15 is 0 Å². The van der Waals surface area contributed by atoms with Gasteiger partial charge in [0.2, 0.25) is 15.9 Å². The highest BCUT2D eigenvalue weighted by atomic mass is 32.2. The van der Waals surface area contributed by atoms with Gasteiger partial charge in [0, 0.05) is 24.7 Å². The molecular formula is C17H20N2O4S2. The van der Waals surface area contributed by atoms with E-state index in [2.05, 4.69) is 5.32 Å². The summed E-state index contributed by atoms with van der Waals surface area (Å²) in [5.41, 5.74) is 0.447. The molecule has 0 atom stereocenters. The number of nitrogens with zero attached hydrogens (tertiary/aromatic N) is 1. The number of hydrogen-bond donors (Lipinski definition) is 1. The second kappa shape index (κ2) is 8.37. The van der Waals surface area contributed by atoms with Crippen molar-refractivity contribution in [2.45, 2.75) is 9.79 Å². The van der Waals surface area contributed by atoms with Crippen molar-refractivity contribution >= 4 is 33.4 Å². The minimum atomic E-state index is -3.53. The van der Waals surface area contributed by atoms with E-state index in [1.807, 2.05) is 24.3 Å². The Labute approximate surface area is 152 Å². The van der Waals surface area contributed by atoms with Crippen LogP contribution >= 0.6 is 11.8 Å². The Morgan fingerprint density at radius 2 is 1.84 bits per heavy atom. The van der Waals surface area contributed by atoms with Gasteiger partial charge in [0.25, 0.3) is 0 Å². The summed E-state index contributed by atoms with van der Waals surface area (Å²) >= 11 is 1.39. The van der Waals surface area contributed by atoms with Crippen LogP contribution in [0.5, 0.6) is 5.75 Å². The number of amides is 1. The fraction of sp³-hybridized carbons (Fsp3) is 0.235. The van der Waals surface area contributed by atoms with Gasteiger partial charge in [-0.05, 0) is 42.5 Å². The molecule has 1 amide bonds. The molecule has 2 aromatic rings. The first-order valence-corrected chi connectivity index (χ1v) is 9.85. The molecule has 8 heteroatoms. The minimum absolute atomic E-state index is 0.137. The van der Waals surface area contributed by atoms with Crippen molar-refractivity contribution in [1.29, 1.82) is 0 Å². The molecule has 0 aliphatic carbocycles. The number of anilines is 1. The van der Waals surface area contributed by atoms with Gasteiger partial charge in [0.05, 0.1) is 17.8 Å². The maximum Gasteiger partial charge on any atom is 0.242 e. The lowest BCUT2D eigenvalue weighted by Gasteiger charge is -2.12. The molecule has 2 rings (SSSR count). The van der Waals surface area contributed by atoms with Crippen molar-refractivity contribution in [3.63, 3.8) is 0 Å². The number of nitrogens with one attached hydrogen (secondary N) is 1. The molecule has 0 unspecified atom stereocenters. The van der Waals surface area contributed by atoms with Crippen molar-refractivity contribution in [2.24, 2.45) is 0 Å². The Hall–Kier alpha value is -2.03. The molecule has 0 bridgehead atoms. The van der Waals surface area contributed by atoms with Crippen molar-refractivity contribution < 1.29 is 17.9 Å². The van der Waals surface area contributed by atoms with Gasteiger partial charge in [-0.3, -0.25) is 4.79 Å². The van der Waals surface area contributed by atoms with E-state index in [-0.39, 0.29) is 16.6 Å². The number of sulfonamides is 1. The van der Waals surface area contributed by atoms with E-state index in [1.54, 1.807) is 19.2 Å². The maximum absolute atomic E-state index is 12.1. The normalized spacial score (nSPS) is 11.4. The molecule has 0 radical (unpaired) electrons. The average molecular weight is 380 g/mol. The minimum Gasteiger partial charge on any atom is -0.497 e. The van der Waals surface area contributed by atoms with Gasteiger partial charge in [-0.15, -0.1) is 11.8 Å². The topological polar surface area (TPSA) is 75.7 Å². The number of hydrogen-bond acceptors (Lipinski definition) is 5. The van der Waals surface area contributed by atoms with E-state index in [0.29, 0.717) is 5.69 Å². The zero-order chi connectivity index (χ0) is 18.4. The lowest BCUT2D eigenvalue weighted by Crippen LogP contribution is -2.22. The summed E-state index contributed by atoms with van der Waals surface area (Å²) in [7, 11) is 0.994. The lowest BCUT2D eigenvalue weighted by molar-refractivity contribution is -0.113. The highest BCUT2D eigenvalue weighted by molar-refractivity contribution is 8.00. The van der Waals surface area contributed by atoms with Crippen LogP contribution in [0.4, 0.5) is 5.69 Å². The monoisotopic (exact) mass is 380 g/mol. The van der Waals surface area contributed by atoms with Crippen molar-refractivity contribution in [2.75, 3.05) is 32.3 Å². The van der Waals surface area contributed by atoms with Gasteiger partial charge in [0.1, 0.15) is 5.75 Å². The Morgan fingerprint density at radius 3 is 2.44 bits per heavy atom. The summed E-state index contributed by atoms with van der Waals surface area (Å²) in [5, 5.41) is 2.72. The quantitative estimate of drug-likeness (QED) is 0.748. The Morgan fingerprint density at radius 1 is 1.16 bits per heavy atom. The highest BCUT2D eigenvalue weighted by Gasteiger charge is 2.17. The van der Waals surface area contributed by atoms with E-state index in [1.165, 1.54) is 38.0 Å². The largest absolute Gasteiger partial charge is 0.497 e. The molecule has 0 heterocycles. The summed E-state index contributed by atoms with van der Waals surface area (Å²) in [5.74, 6) is 0.768. The second-order valence-corrected chi connectivity index (χ2v) is 8.53. The van der Waals surface area contributed by atoms with Crippen LogP contribution in [0.25, 0.3) is 0 Å². The van der Waals surface area contributed by atoms with Gasteiger partial charge in [-0.2, -0.15) is 0 Å². The molecule has 0 saturated heterocycles. The van der Waals surface area contributed by atoms with Crippen LogP contribution in [-0.4, -0.2) is 45.6 Å². The number of carbonyl (C=O) groups excluding carboxylic acids is 1. The SMILES string of the molecule is COc1ccc(SCC(=O)Nc2cccc(S(=O)(=O)N(C)C)c2)cc1. The van der Waals surface area contributed by atoms with Crippen LogP contribution in [0.1, 0.15) is 0 Å². The van der Waals surface area contributed by atoms with Crippen molar-refractivity contribution in [3.05, 3.63) is 48.5 Å². The van der Waals surface area contributed by atoms with Crippen LogP contribution in [0.3, 0.4) is 0 Å². The van der Waals surface area contributed by atoms with Crippen LogP contribution in [-0.2, 0) is 14.8 Å². The molecule has 25 heavy (non-hydrogen) atoms. The predicted octanol–water partition coefficient (Wildman–Crippen LogP) is 2.68. The second-order valence-electron chi connectivity index (χ2n) is 5.33. The van der Waals surface area contributed by atoms with Crippen LogP contribution < -0.4 is 10.1 Å². The molecule has 1 N–H and O–H groups in total. The molecule has 6 nitrogen and oxygen atoms in total. The third kappa shape index (κ3) is 5.22. The van der Waals surface area contributed by atoms with Crippen LogP contribution in [0.2, 0.25) is 0 Å². The van der Waals surface area contributed by atoms with Crippen LogP contribution in [0.15, 0.2) is 58.3 Å². The molecule has 0 aliphatic heterocycles. The lowest BCUT2D eigenvalue weighted by atomic mass is 10.3. The zero-order valence-corrected chi connectivity index (χ0v) is 15.9. The van der Waals surface area contributed by atoms with Gasteiger partial charge in [-0.1, -0.05) is 6.07 Å². The van der Waals surface area contributed by atoms with Gasteiger partial charge < -0.3 is 10.1 Å². The first kappa shape index (κ1) is 19.3. The molecule has 0 saturated carbocycles. The molecule has 0 aromatic heterocycles. The number of methoxy groups -OCH3 is 1. The molecular weight excluding hydrogens is 360 g/mol. The maximum atomic E-state index is 12.1. The molecule has 2 aromatic carbocycles. The highest BCUT2D eigenvalue weighted by Crippen LogP contribution is 2.22. The Balaban J connectivity index is 1.98. The summed E-state index contributed by atoms with van der Waals surface area (Å²) in [6, 6.07) is 13.6. The Kier molecular flexibility index (Phi) is 6.46. The van der Waals surface area contributed by atoms with E-state index in [0.717, 1.165) is 15.0 Å². The Bertz CT molecular complexity index is 834. The van der Waals surface area contributed by atoms with E-state index in [4.69, 9.17) is 4.74 Å². The number of ether oxygens (including phenoxy) is 1. The number of rotatable bonds is 7. The fourth-order valence-electron chi connectivity index (χ4n) is 1.96. The van der Waals surface area contributed by atoms with Crippen molar-refractivity contribution in [3.8, 4) is 5.75 Å². The number of thioether (sulfide) groups is 1. The zero-order valence-electron chi connectivity index (χ0n) is 14.2. The smallest absolute Gasteiger partial charge is 0.242 e. The van der Waals surface area contributed by atoms with Gasteiger partial charge >= 0.3 is 0 Å². The molecule has 134 valence electrons. The third-order valence-electron chi connectivity index (χ3n) is 3.33. The molecule has 0 spiro atoms. The van der Waals surface area contributed by atoms with Gasteiger partial charge in [-0.25, -0.2) is 12.7 Å². The van der Waals surface area contributed by atoms with E-state index in [9.17, 15) is 13.2 Å². The number of carbonyl (C=O) groups is 1. The number of benzene rings is 2. The molecule has 0 aliphatic rings. The summed E-state index contributed by atoms with van der Waals surface area (Å²) in [6.45, 7) is 0. The van der Waals surface area contributed by atoms with Crippen molar-refractivity contribution in [1.82, 2.24) is 4.31 Å². The van der Waals surface area contributed by atoms with E-state index < -0.39 is 10.0 Å². The van der Waals surface area contributed by atoms with Crippen LogP contribution in [0, 0.1) is 0 Å². The molecule has 0 fully saturated rings. The average Bonchev–Trinajstić information content (AvgIpc) is 2.60. The first-order chi connectivity index (χ1) is 11.8. The van der Waals surface area contributed by atoms with Gasteiger partial charge in [0.15, 0.2) is 0 Å². The summed E-state index contributed by atoms with van der Waals surface area (Å²) in [6.07, 6.45) is 0. The fourth-order valence-corrected chi connectivity index (χ4v) is 3.61. The summed E-state index contributed by atoms with van der Waals surface area (Å²) < 4.78 is 30.5. The standard InChI is InChI=1S/C17H20N2O4S2/c1-19(2)25(21,22)16-6-4-5-13(11-16)18-17(20)12-24-15-9-7-14(23-3)8-10-15/h4-11H,12H2,1-3H3,(H,18,20). The predicted molar refractivity (Wildman–Crippen MR) is 99.7 cm³/mol.